The van der Waals surface area contributed by atoms with Crippen molar-refractivity contribution in [3.8, 4) is 0 Å². The van der Waals surface area contributed by atoms with Crippen molar-refractivity contribution in [1.29, 1.82) is 0 Å². The SMILES string of the molecule is CCC(CNC(=O)CC1CSCCN1)C(=O)O. The Morgan fingerprint density at radius 3 is 2.88 bits per heavy atom. The summed E-state index contributed by atoms with van der Waals surface area (Å²) >= 11 is 1.84. The van der Waals surface area contributed by atoms with Crippen LogP contribution in [0.3, 0.4) is 0 Å². The second-order valence-corrected chi connectivity index (χ2v) is 5.33. The van der Waals surface area contributed by atoms with E-state index in [1.165, 1.54) is 0 Å². The van der Waals surface area contributed by atoms with Crippen LogP contribution in [0.1, 0.15) is 19.8 Å². The second kappa shape index (κ2) is 7.55. The molecule has 17 heavy (non-hydrogen) atoms. The van der Waals surface area contributed by atoms with Crippen molar-refractivity contribution < 1.29 is 14.7 Å². The van der Waals surface area contributed by atoms with E-state index in [9.17, 15) is 9.59 Å². The molecule has 0 bridgehead atoms. The highest BCUT2D eigenvalue weighted by molar-refractivity contribution is 7.99. The molecular weight excluding hydrogens is 240 g/mol. The first kappa shape index (κ1) is 14.3. The summed E-state index contributed by atoms with van der Waals surface area (Å²) in [6, 6.07) is 0.221. The molecule has 1 fully saturated rings. The number of carboxylic acids is 1. The zero-order chi connectivity index (χ0) is 12.7. The Hall–Kier alpha value is -0.750. The Morgan fingerprint density at radius 1 is 1.59 bits per heavy atom. The number of carboxylic acid groups (broad SMARTS) is 1. The van der Waals surface area contributed by atoms with Gasteiger partial charge in [0.1, 0.15) is 0 Å². The Labute approximate surface area is 106 Å². The van der Waals surface area contributed by atoms with E-state index < -0.39 is 11.9 Å². The highest BCUT2D eigenvalue weighted by atomic mass is 32.2. The van der Waals surface area contributed by atoms with E-state index in [0.717, 1.165) is 18.1 Å². The number of nitrogens with one attached hydrogen (secondary N) is 2. The topological polar surface area (TPSA) is 78.4 Å². The van der Waals surface area contributed by atoms with Gasteiger partial charge in [0.15, 0.2) is 0 Å². The lowest BCUT2D eigenvalue weighted by atomic mass is 10.1. The number of rotatable bonds is 6. The van der Waals surface area contributed by atoms with Crippen molar-refractivity contribution in [2.75, 3.05) is 24.6 Å². The molecule has 5 nitrogen and oxygen atoms in total. The van der Waals surface area contributed by atoms with Gasteiger partial charge in [-0.2, -0.15) is 11.8 Å². The molecule has 3 N–H and O–H groups in total. The largest absolute Gasteiger partial charge is 0.481 e. The van der Waals surface area contributed by atoms with Crippen molar-refractivity contribution in [3.05, 3.63) is 0 Å². The van der Waals surface area contributed by atoms with Gasteiger partial charge in [-0.05, 0) is 6.42 Å². The van der Waals surface area contributed by atoms with Crippen molar-refractivity contribution in [2.45, 2.75) is 25.8 Å². The van der Waals surface area contributed by atoms with Crippen molar-refractivity contribution in [1.82, 2.24) is 10.6 Å². The third-order valence-corrected chi connectivity index (χ3v) is 3.95. The smallest absolute Gasteiger partial charge is 0.308 e. The minimum absolute atomic E-state index is 0.0651. The molecular formula is C11H20N2O3S. The molecule has 1 heterocycles. The summed E-state index contributed by atoms with van der Waals surface area (Å²) in [5.41, 5.74) is 0. The molecule has 1 saturated heterocycles. The molecule has 1 aliphatic rings. The van der Waals surface area contributed by atoms with Gasteiger partial charge in [-0.3, -0.25) is 9.59 Å². The number of carbonyl (C=O) groups excluding carboxylic acids is 1. The molecule has 0 aliphatic carbocycles. The monoisotopic (exact) mass is 260 g/mol. The summed E-state index contributed by atoms with van der Waals surface area (Å²) in [6.45, 7) is 2.98. The van der Waals surface area contributed by atoms with E-state index in [2.05, 4.69) is 10.6 Å². The maximum Gasteiger partial charge on any atom is 0.308 e. The summed E-state index contributed by atoms with van der Waals surface area (Å²) in [5.74, 6) is 0.648. The second-order valence-electron chi connectivity index (χ2n) is 4.18. The molecule has 2 unspecified atom stereocenters. The molecule has 0 saturated carbocycles. The van der Waals surface area contributed by atoms with Crippen molar-refractivity contribution >= 4 is 23.6 Å². The number of thioether (sulfide) groups is 1. The third-order valence-electron chi connectivity index (χ3n) is 2.82. The zero-order valence-corrected chi connectivity index (χ0v) is 10.9. The van der Waals surface area contributed by atoms with Crippen LogP contribution >= 0.6 is 11.8 Å². The molecule has 2 atom stereocenters. The lowest BCUT2D eigenvalue weighted by Gasteiger charge is -2.22. The Balaban J connectivity index is 2.21. The number of hydrogen-bond donors (Lipinski definition) is 3. The van der Waals surface area contributed by atoms with Gasteiger partial charge in [-0.1, -0.05) is 6.92 Å². The first-order valence-electron chi connectivity index (χ1n) is 5.94. The molecule has 0 radical (unpaired) electrons. The van der Waals surface area contributed by atoms with Gasteiger partial charge in [0.25, 0.3) is 0 Å². The van der Waals surface area contributed by atoms with Gasteiger partial charge >= 0.3 is 5.97 Å². The molecule has 1 aliphatic heterocycles. The Bertz CT molecular complexity index is 267. The quantitative estimate of drug-likeness (QED) is 0.640. The molecule has 0 aromatic rings. The molecule has 6 heteroatoms. The first-order valence-corrected chi connectivity index (χ1v) is 7.09. The normalized spacial score (nSPS) is 21.8. The summed E-state index contributed by atoms with van der Waals surface area (Å²) in [4.78, 5) is 22.4. The lowest BCUT2D eigenvalue weighted by Crippen LogP contribution is -2.42. The standard InChI is InChI=1S/C11H20N2O3S/c1-2-8(11(15)16)6-13-10(14)5-9-7-17-4-3-12-9/h8-9,12H,2-7H2,1H3,(H,13,14)(H,15,16). The highest BCUT2D eigenvalue weighted by Crippen LogP contribution is 2.10. The van der Waals surface area contributed by atoms with Crippen LogP contribution in [0.15, 0.2) is 0 Å². The van der Waals surface area contributed by atoms with Crippen molar-refractivity contribution in [2.24, 2.45) is 5.92 Å². The Morgan fingerprint density at radius 2 is 2.35 bits per heavy atom. The number of carbonyl (C=O) groups is 2. The summed E-state index contributed by atoms with van der Waals surface area (Å²) in [7, 11) is 0. The van der Waals surface area contributed by atoms with Crippen LogP contribution in [0.2, 0.25) is 0 Å². The lowest BCUT2D eigenvalue weighted by molar-refractivity contribution is -0.141. The maximum absolute atomic E-state index is 11.6. The molecule has 0 aromatic carbocycles. The molecule has 1 amide bonds. The number of amides is 1. The third kappa shape index (κ3) is 5.41. The average Bonchev–Trinajstić information content (AvgIpc) is 2.30. The fourth-order valence-corrected chi connectivity index (χ4v) is 2.64. The van der Waals surface area contributed by atoms with Crippen LogP contribution < -0.4 is 10.6 Å². The minimum atomic E-state index is -0.848. The average molecular weight is 260 g/mol. The molecule has 1 rings (SSSR count). The van der Waals surface area contributed by atoms with Crippen LogP contribution in [0.5, 0.6) is 0 Å². The fraction of sp³-hybridized carbons (Fsp3) is 0.818. The van der Waals surface area contributed by atoms with Crippen molar-refractivity contribution in [3.63, 3.8) is 0 Å². The fourth-order valence-electron chi connectivity index (χ4n) is 1.69. The Kier molecular flexibility index (Phi) is 6.36. The van der Waals surface area contributed by atoms with Crippen LogP contribution in [0, 0.1) is 5.92 Å². The predicted molar refractivity (Wildman–Crippen MR) is 68.2 cm³/mol. The highest BCUT2D eigenvalue weighted by Gasteiger charge is 2.19. The predicted octanol–water partition coefficient (Wildman–Crippen LogP) is 0.309. The number of aliphatic carboxylic acids is 1. The minimum Gasteiger partial charge on any atom is -0.481 e. The maximum atomic E-state index is 11.6. The number of hydrogen-bond acceptors (Lipinski definition) is 4. The molecule has 98 valence electrons. The van der Waals surface area contributed by atoms with Crippen LogP contribution in [0.4, 0.5) is 0 Å². The van der Waals surface area contributed by atoms with Gasteiger partial charge in [-0.25, -0.2) is 0 Å². The van der Waals surface area contributed by atoms with Gasteiger partial charge in [-0.15, -0.1) is 0 Å². The van der Waals surface area contributed by atoms with E-state index >= 15 is 0 Å². The summed E-state index contributed by atoms with van der Waals surface area (Å²) < 4.78 is 0. The van der Waals surface area contributed by atoms with E-state index in [4.69, 9.17) is 5.11 Å². The van der Waals surface area contributed by atoms with E-state index in [0.29, 0.717) is 12.8 Å². The van der Waals surface area contributed by atoms with E-state index in [-0.39, 0.29) is 18.5 Å². The van der Waals surface area contributed by atoms with Crippen LogP contribution in [-0.2, 0) is 9.59 Å². The van der Waals surface area contributed by atoms with Gasteiger partial charge in [0, 0.05) is 37.1 Å². The van der Waals surface area contributed by atoms with E-state index in [1.54, 1.807) is 0 Å². The van der Waals surface area contributed by atoms with Gasteiger partial charge < -0.3 is 15.7 Å². The van der Waals surface area contributed by atoms with Crippen LogP contribution in [-0.4, -0.2) is 47.6 Å². The first-order chi connectivity index (χ1) is 8.13. The van der Waals surface area contributed by atoms with Crippen LogP contribution in [0.25, 0.3) is 0 Å². The zero-order valence-electron chi connectivity index (χ0n) is 10.1. The molecule has 0 spiro atoms. The summed E-state index contributed by atoms with van der Waals surface area (Å²) in [5, 5.41) is 14.8. The summed E-state index contributed by atoms with van der Waals surface area (Å²) in [6.07, 6.45) is 0.968. The van der Waals surface area contributed by atoms with Gasteiger partial charge in [0.05, 0.1) is 5.92 Å². The molecule has 0 aromatic heterocycles. The van der Waals surface area contributed by atoms with Gasteiger partial charge in [0.2, 0.25) is 5.91 Å². The van der Waals surface area contributed by atoms with E-state index in [1.807, 2.05) is 18.7 Å².